The van der Waals surface area contributed by atoms with Gasteiger partial charge in [-0.1, -0.05) is 38.5 Å². The van der Waals surface area contributed by atoms with Crippen molar-refractivity contribution in [3.8, 4) is 0 Å². The lowest BCUT2D eigenvalue weighted by Gasteiger charge is -2.17. The van der Waals surface area contributed by atoms with Gasteiger partial charge in [-0.2, -0.15) is 5.06 Å². The number of carbonyl (C=O) groups excluding carboxylic acids is 7. The Morgan fingerprint density at radius 2 is 1.04 bits per heavy atom. The Kier molecular flexibility index (Phi) is 27.8. The van der Waals surface area contributed by atoms with Crippen molar-refractivity contribution in [3.63, 3.8) is 0 Å². The van der Waals surface area contributed by atoms with Gasteiger partial charge in [0.25, 0.3) is 23.6 Å². The number of hydrogen-bond donors (Lipinski definition) is 4. The van der Waals surface area contributed by atoms with Gasteiger partial charge < -0.3 is 34.4 Å². The molecule has 4 N–H and O–H groups in total. The predicted octanol–water partition coefficient (Wildman–Crippen LogP) is 2.44. The van der Waals surface area contributed by atoms with Crippen LogP contribution < -0.4 is 0 Å². The molecule has 0 aromatic rings. The third-order valence-electron chi connectivity index (χ3n) is 8.47. The molecule has 4 rings (SSSR count). The van der Waals surface area contributed by atoms with Crippen molar-refractivity contribution >= 4 is 53.5 Å². The third kappa shape index (κ3) is 25.3. The fourth-order valence-corrected chi connectivity index (χ4v) is 5.43. The van der Waals surface area contributed by atoms with Crippen molar-refractivity contribution in [2.75, 3.05) is 39.6 Å². The molecule has 0 atom stereocenters. The predicted molar refractivity (Wildman–Crippen MR) is 196 cm³/mol. The number of carboxylic acids is 1. The van der Waals surface area contributed by atoms with Crippen molar-refractivity contribution in [2.24, 2.45) is 9.98 Å². The molecular weight excluding hydrogens is 756 g/mol. The quantitative estimate of drug-likeness (QED) is 0.0508. The van der Waals surface area contributed by atoms with E-state index in [9.17, 15) is 38.4 Å². The number of aliphatic hydroxyl groups is 2. The zero-order chi connectivity index (χ0) is 42.3. The van der Waals surface area contributed by atoms with Gasteiger partial charge in [-0.05, 0) is 38.5 Å². The number of aliphatic carboxylic acids is 1. The van der Waals surface area contributed by atoms with Crippen LogP contribution in [-0.4, -0.2) is 136 Å². The summed E-state index contributed by atoms with van der Waals surface area (Å²) in [6.45, 7) is 0.111. The fourth-order valence-electron chi connectivity index (χ4n) is 5.43. The summed E-state index contributed by atoms with van der Waals surface area (Å²) in [5, 5.41) is 34.0. The average Bonchev–Trinajstić information content (AvgIpc) is 3.68. The summed E-state index contributed by atoms with van der Waals surface area (Å²) in [5.74, 6) is -4.72. The molecule has 0 unspecified atom stereocenters. The summed E-state index contributed by atoms with van der Waals surface area (Å²) < 4.78 is 14.2. The number of rotatable bonds is 18. The van der Waals surface area contributed by atoms with Crippen molar-refractivity contribution in [3.05, 3.63) is 0 Å². The molecule has 4 aliphatic rings. The molecule has 20 nitrogen and oxygen atoms in total. The second kappa shape index (κ2) is 31.5. The number of hydroxylamine groups is 4. The van der Waals surface area contributed by atoms with Gasteiger partial charge in [-0.25, -0.2) is 14.8 Å². The maximum atomic E-state index is 11.4. The Morgan fingerprint density at radius 3 is 1.47 bits per heavy atom. The highest BCUT2D eigenvalue weighted by atomic mass is 16.7. The van der Waals surface area contributed by atoms with Crippen LogP contribution >= 0.6 is 0 Å². The van der Waals surface area contributed by atoms with E-state index in [0.29, 0.717) is 17.1 Å². The smallest absolute Gasteiger partial charge is 0.333 e. The lowest BCUT2D eigenvalue weighted by Crippen LogP contribution is -2.32. The number of carboxylic acid groups (broad SMARTS) is 1. The van der Waals surface area contributed by atoms with Gasteiger partial charge in [0.05, 0.1) is 44.5 Å². The zero-order valence-electron chi connectivity index (χ0n) is 32.5. The van der Waals surface area contributed by atoms with Crippen molar-refractivity contribution in [2.45, 2.75) is 141 Å². The molecule has 0 aromatic heterocycles. The monoisotopic (exact) mass is 814 g/mol. The first-order chi connectivity index (χ1) is 27.4. The molecule has 2 saturated carbocycles. The van der Waals surface area contributed by atoms with Gasteiger partial charge in [0.15, 0.2) is 0 Å². The molecule has 2 aliphatic carbocycles. The molecule has 0 bridgehead atoms. The van der Waals surface area contributed by atoms with Gasteiger partial charge in [-0.3, -0.25) is 38.8 Å². The second-order valence-electron chi connectivity index (χ2n) is 13.2. The molecule has 2 saturated heterocycles. The summed E-state index contributed by atoms with van der Waals surface area (Å²) in [6, 6.07) is 4.04. The number of imide groups is 2. The van der Waals surface area contributed by atoms with Crippen LogP contribution in [0.15, 0.2) is 9.98 Å². The number of aliphatic hydroxyl groups excluding tert-OH is 2. The molecule has 4 amide bonds. The zero-order valence-corrected chi connectivity index (χ0v) is 32.5. The highest BCUT2D eigenvalue weighted by Gasteiger charge is 2.32. The lowest BCUT2D eigenvalue weighted by molar-refractivity contribution is -0.197. The molecule has 0 spiro atoms. The summed E-state index contributed by atoms with van der Waals surface area (Å²) in [4.78, 5) is 99.9. The van der Waals surface area contributed by atoms with Gasteiger partial charge in [0.2, 0.25) is 0 Å². The van der Waals surface area contributed by atoms with E-state index in [0.717, 1.165) is 0 Å². The molecule has 57 heavy (non-hydrogen) atoms. The van der Waals surface area contributed by atoms with Gasteiger partial charge in [-0.15, -0.1) is 5.06 Å². The van der Waals surface area contributed by atoms with Crippen LogP contribution in [0.2, 0.25) is 0 Å². The van der Waals surface area contributed by atoms with E-state index in [1.165, 1.54) is 64.2 Å². The first kappa shape index (κ1) is 50.4. The number of nitrogens with zero attached hydrogens (tertiary/aromatic N) is 4. The highest BCUT2D eigenvalue weighted by Crippen LogP contribution is 2.21. The van der Waals surface area contributed by atoms with Gasteiger partial charge >= 0.3 is 23.9 Å². The molecule has 2 heterocycles. The largest absolute Gasteiger partial charge is 0.481 e. The summed E-state index contributed by atoms with van der Waals surface area (Å²) >= 11 is 0. The topological polar surface area (TPSA) is 286 Å². The third-order valence-corrected chi connectivity index (χ3v) is 8.47. The van der Waals surface area contributed by atoms with Crippen LogP contribution in [0.4, 0.5) is 0 Å². The van der Waals surface area contributed by atoms with Gasteiger partial charge in [0.1, 0.15) is 13.2 Å². The number of aliphatic imine (C=N–C) groups is 2. The lowest BCUT2D eigenvalue weighted by atomic mass is 9.96. The Bertz CT molecular complexity index is 1290. The van der Waals surface area contributed by atoms with Gasteiger partial charge in [0, 0.05) is 51.4 Å². The molecule has 4 fully saturated rings. The van der Waals surface area contributed by atoms with Crippen molar-refractivity contribution in [1.82, 2.24) is 10.1 Å². The normalized spacial score (nSPS) is 16.8. The minimum absolute atomic E-state index is 0.0109. The van der Waals surface area contributed by atoms with Crippen LogP contribution in [0.25, 0.3) is 0 Å². The van der Waals surface area contributed by atoms with E-state index < -0.39 is 47.5 Å². The minimum atomic E-state index is -0.926. The summed E-state index contributed by atoms with van der Waals surface area (Å²) in [5.41, 5.74) is 0. The van der Waals surface area contributed by atoms with E-state index in [1.807, 2.05) is 0 Å². The number of ether oxygens (including phenoxy) is 3. The van der Waals surface area contributed by atoms with E-state index in [-0.39, 0.29) is 109 Å². The highest BCUT2D eigenvalue weighted by molar-refractivity contribution is 6.01. The van der Waals surface area contributed by atoms with Crippen molar-refractivity contribution < 1.29 is 77.9 Å². The van der Waals surface area contributed by atoms with Crippen LogP contribution in [-0.2, 0) is 57.4 Å². The Balaban J connectivity index is 0.000000404. The maximum Gasteiger partial charge on any atom is 0.333 e. The molecular formula is C37H58N4O16. The average molecular weight is 815 g/mol. The van der Waals surface area contributed by atoms with Crippen molar-refractivity contribution in [1.29, 1.82) is 0 Å². The van der Waals surface area contributed by atoms with Crippen LogP contribution in [0.3, 0.4) is 0 Å². The molecule has 2 aliphatic heterocycles. The first-order valence-corrected chi connectivity index (χ1v) is 19.5. The molecule has 0 radical (unpaired) electrons. The Labute approximate surface area is 331 Å². The van der Waals surface area contributed by atoms with Crippen LogP contribution in [0.1, 0.15) is 128 Å². The molecule has 20 heteroatoms. The first-order valence-electron chi connectivity index (χ1n) is 19.5. The number of hydrogen-bond acceptors (Lipinski definition) is 17. The Morgan fingerprint density at radius 1 is 0.596 bits per heavy atom. The van der Waals surface area contributed by atoms with Crippen LogP contribution in [0, 0.1) is 0 Å². The Hall–Kier alpha value is -4.62. The SMILES string of the molecule is C(=NC1CCCCC1)=NC1CCCCC1.O=C(CCCC(=O)ON1C(=O)CCC1=O)OCCOCCO.O=C(O)CCCC(=O)OCCO.O=C1CCC(=O)N1O. The molecule has 322 valence electrons. The molecule has 0 aromatic carbocycles. The van der Waals surface area contributed by atoms with Crippen LogP contribution in [0.5, 0.6) is 0 Å². The standard InChI is InChI=1S/C13H22N2.C13H19NO8.C7H12O5.C4H5NO3/c1-3-7-12(8-4-1)14-11-15-13-9-5-2-6-10-13;15-6-7-20-8-9-21-12(18)2-1-3-13(19)22-14-10(16)4-5-11(14)17;8-4-5-12-7(11)3-1-2-6(9)10;6-3-1-2-4(7)5(3)8/h12-13H,1-10H2;15H,1-9H2;8H,1-5H2,(H,9,10);8H,1-2H2. The fraction of sp³-hybridized carbons (Fsp3) is 0.757. The van der Waals surface area contributed by atoms with E-state index in [4.69, 9.17) is 30.0 Å². The number of amides is 4. The second-order valence-corrected chi connectivity index (χ2v) is 13.2. The van der Waals surface area contributed by atoms with E-state index in [1.54, 1.807) is 0 Å². The summed E-state index contributed by atoms with van der Waals surface area (Å²) in [6.07, 6.45) is 14.0. The van der Waals surface area contributed by atoms with E-state index in [2.05, 4.69) is 25.6 Å². The number of carbonyl (C=O) groups is 8. The minimum Gasteiger partial charge on any atom is -0.481 e. The van der Waals surface area contributed by atoms with E-state index >= 15 is 0 Å². The summed E-state index contributed by atoms with van der Waals surface area (Å²) in [7, 11) is 0. The maximum absolute atomic E-state index is 11.4. The number of esters is 2.